The van der Waals surface area contributed by atoms with Crippen LogP contribution >= 0.6 is 0 Å². The number of aromatic nitrogens is 1. The molecule has 2 nitrogen and oxygen atoms in total. The van der Waals surface area contributed by atoms with E-state index >= 15 is 0 Å². The summed E-state index contributed by atoms with van der Waals surface area (Å²) in [7, 11) is 0. The van der Waals surface area contributed by atoms with Crippen molar-refractivity contribution >= 4 is 10.9 Å². The van der Waals surface area contributed by atoms with Crippen molar-refractivity contribution in [1.29, 1.82) is 0 Å². The fourth-order valence-electron chi connectivity index (χ4n) is 2.38. The maximum absolute atomic E-state index is 3.48. The third-order valence-electron chi connectivity index (χ3n) is 3.32. The first-order valence-electron chi connectivity index (χ1n) is 7.64. The second-order valence-electron chi connectivity index (χ2n) is 4.96. The van der Waals surface area contributed by atoms with Gasteiger partial charge in [0.05, 0.1) is 0 Å². The molecule has 0 saturated carbocycles. The lowest BCUT2D eigenvalue weighted by Gasteiger charge is -2.05. The van der Waals surface area contributed by atoms with Crippen LogP contribution in [0.2, 0.25) is 0 Å². The topological polar surface area (TPSA) is 27.8 Å². The van der Waals surface area contributed by atoms with Crippen molar-refractivity contribution in [2.45, 2.75) is 33.9 Å². The van der Waals surface area contributed by atoms with Crippen molar-refractivity contribution in [2.75, 3.05) is 0 Å². The van der Waals surface area contributed by atoms with Crippen molar-refractivity contribution in [3.8, 4) is 0 Å². The highest BCUT2D eigenvalue weighted by Gasteiger charge is 1.99. The molecule has 0 spiro atoms. The van der Waals surface area contributed by atoms with Crippen LogP contribution in [0, 0.1) is 6.92 Å². The van der Waals surface area contributed by atoms with Gasteiger partial charge in [-0.05, 0) is 41.6 Å². The van der Waals surface area contributed by atoms with Crippen molar-refractivity contribution in [1.82, 2.24) is 10.3 Å². The fraction of sp³-hybridized carbons (Fsp3) is 0.263. The van der Waals surface area contributed by atoms with Crippen LogP contribution in [0.5, 0.6) is 0 Å². The maximum Gasteiger partial charge on any atom is 0.0456 e. The van der Waals surface area contributed by atoms with Crippen LogP contribution in [-0.2, 0) is 13.1 Å². The zero-order valence-electron chi connectivity index (χ0n) is 13.1. The van der Waals surface area contributed by atoms with Crippen molar-refractivity contribution in [2.24, 2.45) is 0 Å². The molecule has 0 bridgehead atoms. The van der Waals surface area contributed by atoms with Crippen LogP contribution in [-0.4, -0.2) is 4.98 Å². The third kappa shape index (κ3) is 4.20. The quantitative estimate of drug-likeness (QED) is 0.706. The van der Waals surface area contributed by atoms with E-state index in [1.807, 2.05) is 19.9 Å². The summed E-state index contributed by atoms with van der Waals surface area (Å²) in [6.45, 7) is 7.90. The smallest absolute Gasteiger partial charge is 0.0456 e. The standard InChI is InChI=1S/C17H18N2.C2H6/c1-13-9-16-10-15(7-8-17(16)19-13)12-18-11-14-5-3-2-4-6-14;1-2/h2-10,18-19H,11-12H2,1H3;1-2H3. The number of rotatable bonds is 4. The average molecular weight is 280 g/mol. The predicted molar refractivity (Wildman–Crippen MR) is 91.4 cm³/mol. The fourth-order valence-corrected chi connectivity index (χ4v) is 2.38. The molecule has 21 heavy (non-hydrogen) atoms. The van der Waals surface area contributed by atoms with Gasteiger partial charge in [-0.1, -0.05) is 50.2 Å². The molecule has 0 aliphatic rings. The highest BCUT2D eigenvalue weighted by atomic mass is 14.8. The molecule has 0 unspecified atom stereocenters. The van der Waals surface area contributed by atoms with E-state index in [4.69, 9.17) is 0 Å². The Morgan fingerprint density at radius 3 is 2.33 bits per heavy atom. The number of hydrogen-bond acceptors (Lipinski definition) is 1. The van der Waals surface area contributed by atoms with Crippen molar-refractivity contribution in [3.05, 3.63) is 71.4 Å². The second-order valence-corrected chi connectivity index (χ2v) is 4.96. The normalized spacial score (nSPS) is 10.2. The molecule has 3 aromatic rings. The highest BCUT2D eigenvalue weighted by Crippen LogP contribution is 2.16. The van der Waals surface area contributed by atoms with Gasteiger partial charge >= 0.3 is 0 Å². The van der Waals surface area contributed by atoms with Gasteiger partial charge in [0.1, 0.15) is 0 Å². The minimum Gasteiger partial charge on any atom is -0.359 e. The Labute approximate surface area is 127 Å². The van der Waals surface area contributed by atoms with E-state index < -0.39 is 0 Å². The Kier molecular flexibility index (Phi) is 5.59. The molecule has 2 aromatic carbocycles. The summed E-state index contributed by atoms with van der Waals surface area (Å²) in [6, 6.07) is 19.3. The van der Waals surface area contributed by atoms with E-state index in [9.17, 15) is 0 Å². The lowest BCUT2D eigenvalue weighted by molar-refractivity contribution is 0.694. The monoisotopic (exact) mass is 280 g/mol. The van der Waals surface area contributed by atoms with Gasteiger partial charge in [-0.2, -0.15) is 0 Å². The first kappa shape index (κ1) is 15.3. The Bertz CT molecular complexity index is 668. The van der Waals surface area contributed by atoms with E-state index in [0.717, 1.165) is 13.1 Å². The summed E-state index contributed by atoms with van der Waals surface area (Å²) >= 11 is 0. The minimum absolute atomic E-state index is 0.898. The third-order valence-corrected chi connectivity index (χ3v) is 3.32. The first-order chi connectivity index (χ1) is 10.3. The maximum atomic E-state index is 3.48. The molecule has 0 atom stereocenters. The van der Waals surface area contributed by atoms with Gasteiger partial charge in [-0.3, -0.25) is 0 Å². The Morgan fingerprint density at radius 1 is 0.857 bits per heavy atom. The SMILES string of the molecule is CC.Cc1cc2cc(CNCc3ccccc3)ccc2[nH]1. The minimum atomic E-state index is 0.898. The number of aromatic amines is 1. The molecule has 110 valence electrons. The number of nitrogens with one attached hydrogen (secondary N) is 2. The lowest BCUT2D eigenvalue weighted by atomic mass is 10.1. The zero-order valence-corrected chi connectivity index (χ0v) is 13.1. The first-order valence-corrected chi connectivity index (χ1v) is 7.64. The molecule has 0 aliphatic carbocycles. The summed E-state index contributed by atoms with van der Waals surface area (Å²) in [6.07, 6.45) is 0. The summed E-state index contributed by atoms with van der Waals surface area (Å²) in [5.41, 5.74) is 5.07. The number of aryl methyl sites for hydroxylation is 1. The van der Waals surface area contributed by atoms with Crippen LogP contribution in [0.4, 0.5) is 0 Å². The van der Waals surface area contributed by atoms with Crippen molar-refractivity contribution in [3.63, 3.8) is 0 Å². The molecule has 0 saturated heterocycles. The van der Waals surface area contributed by atoms with Crippen LogP contribution in [0.25, 0.3) is 10.9 Å². The molecule has 1 heterocycles. The molecule has 2 N–H and O–H groups in total. The van der Waals surface area contributed by atoms with Gasteiger partial charge < -0.3 is 10.3 Å². The van der Waals surface area contributed by atoms with Gasteiger partial charge in [0.15, 0.2) is 0 Å². The predicted octanol–water partition coefficient (Wildman–Crippen LogP) is 4.79. The van der Waals surface area contributed by atoms with E-state index in [1.165, 1.54) is 27.7 Å². The Hall–Kier alpha value is -2.06. The number of hydrogen-bond donors (Lipinski definition) is 2. The van der Waals surface area contributed by atoms with Crippen LogP contribution in [0.15, 0.2) is 54.6 Å². The van der Waals surface area contributed by atoms with Crippen LogP contribution < -0.4 is 5.32 Å². The summed E-state index contributed by atoms with van der Waals surface area (Å²) in [5.74, 6) is 0. The summed E-state index contributed by atoms with van der Waals surface area (Å²) < 4.78 is 0. The number of fused-ring (bicyclic) bond motifs is 1. The summed E-state index contributed by atoms with van der Waals surface area (Å²) in [4.78, 5) is 3.35. The summed E-state index contributed by atoms with van der Waals surface area (Å²) in [5, 5.41) is 4.77. The largest absolute Gasteiger partial charge is 0.359 e. The second kappa shape index (κ2) is 7.65. The molecule has 0 aliphatic heterocycles. The van der Waals surface area contributed by atoms with Gasteiger partial charge in [-0.15, -0.1) is 0 Å². The molecule has 1 aromatic heterocycles. The average Bonchev–Trinajstić information content (AvgIpc) is 2.90. The number of H-pyrrole nitrogens is 1. The molecular weight excluding hydrogens is 256 g/mol. The van der Waals surface area contributed by atoms with Crippen LogP contribution in [0.3, 0.4) is 0 Å². The van der Waals surface area contributed by atoms with Gasteiger partial charge in [0.2, 0.25) is 0 Å². The zero-order chi connectivity index (χ0) is 15.1. The molecule has 0 radical (unpaired) electrons. The van der Waals surface area contributed by atoms with E-state index in [1.54, 1.807) is 0 Å². The van der Waals surface area contributed by atoms with E-state index in [-0.39, 0.29) is 0 Å². The van der Waals surface area contributed by atoms with Gasteiger partial charge in [-0.25, -0.2) is 0 Å². The molecule has 0 fully saturated rings. The number of benzene rings is 2. The molecule has 3 rings (SSSR count). The highest BCUT2D eigenvalue weighted by molar-refractivity contribution is 5.81. The van der Waals surface area contributed by atoms with Crippen molar-refractivity contribution < 1.29 is 0 Å². The van der Waals surface area contributed by atoms with E-state index in [2.05, 4.69) is 65.8 Å². The van der Waals surface area contributed by atoms with E-state index in [0.29, 0.717) is 0 Å². The van der Waals surface area contributed by atoms with Gasteiger partial charge in [0.25, 0.3) is 0 Å². The molecular formula is C19H24N2. The Morgan fingerprint density at radius 2 is 1.57 bits per heavy atom. The van der Waals surface area contributed by atoms with Gasteiger partial charge in [0, 0.05) is 24.3 Å². The molecule has 2 heteroatoms. The Balaban J connectivity index is 0.000000774. The molecule has 0 amide bonds. The lowest BCUT2D eigenvalue weighted by Crippen LogP contribution is -2.12. The van der Waals surface area contributed by atoms with Crippen LogP contribution in [0.1, 0.15) is 30.7 Å².